The Morgan fingerprint density at radius 3 is 2.62 bits per heavy atom. The monoisotopic (exact) mass is 518 g/mol. The Hall–Kier alpha value is -4.05. The molecule has 0 N–H and O–H groups in total. The van der Waals surface area contributed by atoms with Crippen molar-refractivity contribution in [1.29, 1.82) is 0 Å². The van der Waals surface area contributed by atoms with Gasteiger partial charge in [-0.3, -0.25) is 19.5 Å². The number of aromatic nitrogens is 1. The second-order valence-corrected chi connectivity index (χ2v) is 9.92. The summed E-state index contributed by atoms with van der Waals surface area (Å²) in [5, 5.41) is 11.5. The minimum Gasteiger partial charge on any atom is -0.463 e. The Labute approximate surface area is 216 Å². The number of thiazole rings is 1. The highest BCUT2D eigenvalue weighted by molar-refractivity contribution is 7.07. The molecule has 2 aliphatic heterocycles. The van der Waals surface area contributed by atoms with E-state index in [0.717, 1.165) is 37.2 Å². The van der Waals surface area contributed by atoms with Crippen molar-refractivity contribution in [2.45, 2.75) is 32.7 Å². The molecule has 1 unspecified atom stereocenters. The Bertz CT molecular complexity index is 1580. The molecular formula is C27H26N4O5S. The first-order valence-electron chi connectivity index (χ1n) is 12.2. The van der Waals surface area contributed by atoms with Crippen LogP contribution in [0, 0.1) is 10.1 Å². The second kappa shape index (κ2) is 10.1. The van der Waals surface area contributed by atoms with Crippen molar-refractivity contribution >= 4 is 34.8 Å². The van der Waals surface area contributed by atoms with Crippen LogP contribution in [0.15, 0.2) is 69.6 Å². The van der Waals surface area contributed by atoms with E-state index in [-0.39, 0.29) is 17.9 Å². The second-order valence-electron chi connectivity index (χ2n) is 8.91. The quantitative estimate of drug-likeness (QED) is 0.282. The maximum Gasteiger partial charge on any atom is 0.338 e. The molecule has 1 fully saturated rings. The van der Waals surface area contributed by atoms with Crippen molar-refractivity contribution in [2.75, 3.05) is 24.6 Å². The zero-order valence-corrected chi connectivity index (χ0v) is 21.4. The highest BCUT2D eigenvalue weighted by atomic mass is 32.1. The zero-order chi connectivity index (χ0) is 26.1. The lowest BCUT2D eigenvalue weighted by molar-refractivity contribution is -0.384. The van der Waals surface area contributed by atoms with Gasteiger partial charge in [-0.25, -0.2) is 9.79 Å². The first kappa shape index (κ1) is 24.6. The zero-order valence-electron chi connectivity index (χ0n) is 20.5. The van der Waals surface area contributed by atoms with E-state index < -0.39 is 16.9 Å². The summed E-state index contributed by atoms with van der Waals surface area (Å²) in [5.41, 5.74) is 2.69. The number of hydrogen-bond acceptors (Lipinski definition) is 8. The number of esters is 1. The lowest BCUT2D eigenvalue weighted by Gasteiger charge is -2.24. The molecule has 2 aromatic carbocycles. The van der Waals surface area contributed by atoms with Gasteiger partial charge in [0.25, 0.3) is 11.2 Å². The fourth-order valence-electron chi connectivity index (χ4n) is 4.90. The Morgan fingerprint density at radius 1 is 1.22 bits per heavy atom. The summed E-state index contributed by atoms with van der Waals surface area (Å²) in [6.07, 6.45) is 3.80. The van der Waals surface area contributed by atoms with Crippen LogP contribution in [0.1, 0.15) is 43.9 Å². The minimum absolute atomic E-state index is 0.0374. The average molecular weight is 519 g/mol. The SMILES string of the molecule is CCOC(=O)C1=C(C)N=c2sc(=Cc3cc([N+](=O)[O-])ccc3N3CCCC3)c(=O)n2C1c1ccccc1. The predicted octanol–water partition coefficient (Wildman–Crippen LogP) is 3.31. The van der Waals surface area contributed by atoms with E-state index >= 15 is 0 Å². The fourth-order valence-corrected chi connectivity index (χ4v) is 5.94. The fraction of sp³-hybridized carbons (Fsp3) is 0.296. The van der Waals surface area contributed by atoms with Gasteiger partial charge in [-0.05, 0) is 44.4 Å². The van der Waals surface area contributed by atoms with Crippen LogP contribution in [-0.4, -0.2) is 35.2 Å². The van der Waals surface area contributed by atoms with Crippen molar-refractivity contribution in [3.63, 3.8) is 0 Å². The Morgan fingerprint density at radius 2 is 1.95 bits per heavy atom. The van der Waals surface area contributed by atoms with E-state index in [9.17, 15) is 19.7 Å². The van der Waals surface area contributed by atoms with Gasteiger partial charge in [-0.15, -0.1) is 0 Å². The van der Waals surface area contributed by atoms with Gasteiger partial charge in [0.15, 0.2) is 4.80 Å². The van der Waals surface area contributed by atoms with Crippen molar-refractivity contribution in [2.24, 2.45) is 4.99 Å². The van der Waals surface area contributed by atoms with Gasteiger partial charge in [0.05, 0.1) is 33.4 Å². The maximum atomic E-state index is 13.8. The van der Waals surface area contributed by atoms with Crippen LogP contribution in [0.2, 0.25) is 0 Å². The molecule has 0 radical (unpaired) electrons. The first-order valence-corrected chi connectivity index (χ1v) is 13.0. The number of fused-ring (bicyclic) bond motifs is 1. The average Bonchev–Trinajstić information content (AvgIpc) is 3.52. The molecule has 10 heteroatoms. The van der Waals surface area contributed by atoms with Gasteiger partial charge >= 0.3 is 5.97 Å². The third-order valence-corrected chi connectivity index (χ3v) is 7.57. The van der Waals surface area contributed by atoms with Gasteiger partial charge in [0, 0.05) is 36.5 Å². The molecule has 1 atom stereocenters. The van der Waals surface area contributed by atoms with Crippen LogP contribution in [0.5, 0.6) is 0 Å². The van der Waals surface area contributed by atoms with Gasteiger partial charge in [0.1, 0.15) is 0 Å². The number of carbonyl (C=O) groups is 1. The minimum atomic E-state index is -0.693. The molecule has 0 spiro atoms. The van der Waals surface area contributed by atoms with Gasteiger partial charge in [-0.2, -0.15) is 0 Å². The topological polar surface area (TPSA) is 107 Å². The summed E-state index contributed by atoms with van der Waals surface area (Å²) < 4.78 is 7.24. The van der Waals surface area contributed by atoms with Crippen LogP contribution in [0.4, 0.5) is 11.4 Å². The summed E-state index contributed by atoms with van der Waals surface area (Å²) in [5.74, 6) is -0.512. The van der Waals surface area contributed by atoms with E-state index in [1.165, 1.54) is 28.0 Å². The standard InChI is InChI=1S/C27H26N4O5S/c1-3-36-26(33)23-17(2)28-27-30(24(23)18-9-5-4-6-10-18)25(32)22(37-27)16-19-15-20(31(34)35)11-12-21(19)29-13-7-8-14-29/h4-6,9-12,15-16,24H,3,7-8,13-14H2,1-2H3. The number of nitro groups is 1. The Balaban J connectivity index is 1.72. The summed E-state index contributed by atoms with van der Waals surface area (Å²) >= 11 is 1.21. The number of rotatable bonds is 6. The highest BCUT2D eigenvalue weighted by Gasteiger charge is 2.33. The molecule has 0 aliphatic carbocycles. The third-order valence-electron chi connectivity index (χ3n) is 6.59. The molecule has 0 amide bonds. The van der Waals surface area contributed by atoms with E-state index in [1.54, 1.807) is 26.0 Å². The van der Waals surface area contributed by atoms with E-state index in [0.29, 0.717) is 26.2 Å². The van der Waals surface area contributed by atoms with Crippen LogP contribution in [0.3, 0.4) is 0 Å². The van der Waals surface area contributed by atoms with E-state index in [2.05, 4.69) is 9.89 Å². The lowest BCUT2D eigenvalue weighted by atomic mass is 9.96. The normalized spacial score (nSPS) is 17.5. The molecule has 3 aromatic rings. The molecule has 37 heavy (non-hydrogen) atoms. The number of non-ortho nitro benzene ring substituents is 1. The summed E-state index contributed by atoms with van der Waals surface area (Å²) in [6, 6.07) is 13.4. The molecule has 5 rings (SSSR count). The number of nitro benzene ring substituents is 1. The maximum absolute atomic E-state index is 13.8. The lowest BCUT2D eigenvalue weighted by Crippen LogP contribution is -2.39. The summed E-state index contributed by atoms with van der Waals surface area (Å²) in [6.45, 7) is 5.39. The van der Waals surface area contributed by atoms with Crippen LogP contribution in [-0.2, 0) is 9.53 Å². The molecule has 190 valence electrons. The summed E-state index contributed by atoms with van der Waals surface area (Å²) in [7, 11) is 0. The van der Waals surface area contributed by atoms with Crippen LogP contribution < -0.4 is 19.8 Å². The van der Waals surface area contributed by atoms with Crippen LogP contribution >= 0.6 is 11.3 Å². The number of nitrogens with zero attached hydrogens (tertiary/aromatic N) is 4. The number of anilines is 1. The molecule has 9 nitrogen and oxygen atoms in total. The Kier molecular flexibility index (Phi) is 6.75. The largest absolute Gasteiger partial charge is 0.463 e. The van der Waals surface area contributed by atoms with Crippen molar-refractivity contribution in [3.8, 4) is 0 Å². The van der Waals surface area contributed by atoms with E-state index in [4.69, 9.17) is 4.74 Å². The smallest absolute Gasteiger partial charge is 0.338 e. The number of hydrogen-bond donors (Lipinski definition) is 0. The summed E-state index contributed by atoms with van der Waals surface area (Å²) in [4.78, 5) is 45.1. The van der Waals surface area contributed by atoms with Gasteiger partial charge < -0.3 is 9.64 Å². The van der Waals surface area contributed by atoms with Crippen molar-refractivity contribution < 1.29 is 14.5 Å². The highest BCUT2D eigenvalue weighted by Crippen LogP contribution is 2.31. The predicted molar refractivity (Wildman–Crippen MR) is 141 cm³/mol. The van der Waals surface area contributed by atoms with Gasteiger partial charge in [-0.1, -0.05) is 41.7 Å². The number of carbonyl (C=O) groups excluding carboxylic acids is 1. The molecular weight excluding hydrogens is 492 g/mol. The molecule has 0 bridgehead atoms. The molecule has 1 saturated heterocycles. The molecule has 0 saturated carbocycles. The number of ether oxygens (including phenoxy) is 1. The molecule has 3 heterocycles. The van der Waals surface area contributed by atoms with Crippen molar-refractivity contribution in [3.05, 3.63) is 101 Å². The van der Waals surface area contributed by atoms with Crippen molar-refractivity contribution in [1.82, 2.24) is 4.57 Å². The first-order chi connectivity index (χ1) is 17.9. The molecule has 1 aromatic heterocycles. The van der Waals surface area contributed by atoms with E-state index in [1.807, 2.05) is 30.3 Å². The number of benzene rings is 2. The molecule has 2 aliphatic rings. The van der Waals surface area contributed by atoms with Crippen LogP contribution in [0.25, 0.3) is 6.08 Å². The third kappa shape index (κ3) is 4.60. The number of allylic oxidation sites excluding steroid dienone is 1. The van der Waals surface area contributed by atoms with Gasteiger partial charge in [0.2, 0.25) is 0 Å².